The molecule has 2 fully saturated rings. The molecule has 7 heteroatoms. The summed E-state index contributed by atoms with van der Waals surface area (Å²) in [5.41, 5.74) is 0. The third-order valence-electron chi connectivity index (χ3n) is 4.75. The molecule has 2 bridgehead atoms. The van der Waals surface area contributed by atoms with Crippen LogP contribution in [0.4, 0.5) is 0 Å². The van der Waals surface area contributed by atoms with Crippen molar-refractivity contribution < 1.29 is 14.7 Å². The number of aliphatic carboxylic acids is 1. The second-order valence-electron chi connectivity index (χ2n) is 6.40. The summed E-state index contributed by atoms with van der Waals surface area (Å²) in [6.07, 6.45) is 2.84. The van der Waals surface area contributed by atoms with Crippen molar-refractivity contribution in [2.75, 3.05) is 0 Å². The van der Waals surface area contributed by atoms with E-state index in [0.29, 0.717) is 5.82 Å². The summed E-state index contributed by atoms with van der Waals surface area (Å²) < 4.78 is 0. The van der Waals surface area contributed by atoms with Crippen LogP contribution in [0, 0.1) is 17.8 Å². The van der Waals surface area contributed by atoms with Crippen LogP contribution < -0.4 is 5.32 Å². The lowest BCUT2D eigenvalue weighted by Gasteiger charge is -2.28. The van der Waals surface area contributed by atoms with Crippen molar-refractivity contribution in [2.24, 2.45) is 17.8 Å². The Kier molecular flexibility index (Phi) is 3.43. The summed E-state index contributed by atoms with van der Waals surface area (Å²) in [5.74, 6) is -0.315. The van der Waals surface area contributed by atoms with E-state index < -0.39 is 11.9 Å². The molecule has 2 saturated carbocycles. The zero-order valence-electron chi connectivity index (χ0n) is 12.2. The molecular weight excluding hydrogens is 272 g/mol. The van der Waals surface area contributed by atoms with Gasteiger partial charge in [-0.15, -0.1) is 5.10 Å². The number of aromatic amines is 1. The van der Waals surface area contributed by atoms with E-state index in [9.17, 15) is 14.7 Å². The smallest absolute Gasteiger partial charge is 0.308 e. The summed E-state index contributed by atoms with van der Waals surface area (Å²) in [4.78, 5) is 27.8. The van der Waals surface area contributed by atoms with Gasteiger partial charge in [-0.2, -0.15) is 0 Å². The van der Waals surface area contributed by atoms with Gasteiger partial charge < -0.3 is 10.4 Å². The summed E-state index contributed by atoms with van der Waals surface area (Å²) in [7, 11) is 0. The van der Waals surface area contributed by atoms with Crippen LogP contribution >= 0.6 is 0 Å². The fourth-order valence-corrected chi connectivity index (χ4v) is 3.70. The van der Waals surface area contributed by atoms with Gasteiger partial charge in [0.2, 0.25) is 5.82 Å². The molecule has 1 aromatic rings. The molecule has 0 spiro atoms. The van der Waals surface area contributed by atoms with Crippen LogP contribution in [-0.2, 0) is 4.79 Å². The molecule has 7 nitrogen and oxygen atoms in total. The van der Waals surface area contributed by atoms with E-state index in [1.165, 1.54) is 0 Å². The van der Waals surface area contributed by atoms with Gasteiger partial charge in [0.05, 0.1) is 5.92 Å². The molecule has 4 atom stereocenters. The number of hydrogen-bond acceptors (Lipinski definition) is 4. The van der Waals surface area contributed by atoms with E-state index in [4.69, 9.17) is 0 Å². The highest BCUT2D eigenvalue weighted by Gasteiger charge is 2.51. The van der Waals surface area contributed by atoms with Crippen molar-refractivity contribution >= 4 is 11.9 Å². The van der Waals surface area contributed by atoms with Gasteiger partial charge in [-0.3, -0.25) is 14.7 Å². The van der Waals surface area contributed by atoms with Crippen molar-refractivity contribution in [2.45, 2.75) is 45.1 Å². The first-order valence-electron chi connectivity index (χ1n) is 7.43. The Morgan fingerprint density at radius 1 is 1.33 bits per heavy atom. The number of carbonyl (C=O) groups excluding carboxylic acids is 1. The second-order valence-corrected chi connectivity index (χ2v) is 6.40. The Balaban J connectivity index is 1.73. The van der Waals surface area contributed by atoms with Crippen molar-refractivity contribution in [3.63, 3.8) is 0 Å². The molecule has 0 aromatic carbocycles. The Hall–Kier alpha value is -1.92. The van der Waals surface area contributed by atoms with E-state index in [1.807, 2.05) is 13.8 Å². The largest absolute Gasteiger partial charge is 0.481 e. The number of nitrogens with one attached hydrogen (secondary N) is 2. The number of carboxylic acid groups (broad SMARTS) is 1. The highest BCUT2D eigenvalue weighted by molar-refractivity contribution is 5.91. The molecular formula is C14H20N4O3. The van der Waals surface area contributed by atoms with Crippen molar-refractivity contribution in [1.29, 1.82) is 0 Å². The first kappa shape index (κ1) is 14.0. The number of amides is 1. The zero-order valence-corrected chi connectivity index (χ0v) is 12.2. The van der Waals surface area contributed by atoms with Crippen molar-refractivity contribution in [3.8, 4) is 0 Å². The van der Waals surface area contributed by atoms with Crippen LogP contribution in [0.3, 0.4) is 0 Å². The maximum absolute atomic E-state index is 12.2. The molecule has 0 radical (unpaired) electrons. The van der Waals surface area contributed by atoms with Crippen LogP contribution in [0.5, 0.6) is 0 Å². The average molecular weight is 292 g/mol. The molecule has 1 amide bonds. The van der Waals surface area contributed by atoms with E-state index in [1.54, 1.807) is 0 Å². The number of rotatable bonds is 4. The number of aromatic nitrogens is 3. The number of hydrogen-bond donors (Lipinski definition) is 3. The average Bonchev–Trinajstić information content (AvgIpc) is 3.13. The van der Waals surface area contributed by atoms with Gasteiger partial charge in [0, 0.05) is 12.0 Å². The Labute approximate surface area is 122 Å². The Bertz CT molecular complexity index is 568. The van der Waals surface area contributed by atoms with Gasteiger partial charge in [-0.25, -0.2) is 4.98 Å². The zero-order chi connectivity index (χ0) is 15.1. The lowest BCUT2D eigenvalue weighted by atomic mass is 9.84. The third-order valence-corrected chi connectivity index (χ3v) is 4.75. The van der Waals surface area contributed by atoms with E-state index in [0.717, 1.165) is 19.3 Å². The number of carbonyl (C=O) groups is 2. The van der Waals surface area contributed by atoms with Crippen LogP contribution in [0.25, 0.3) is 0 Å². The predicted octanol–water partition coefficient (Wildman–Crippen LogP) is 1.16. The summed E-state index contributed by atoms with van der Waals surface area (Å²) >= 11 is 0. The maximum Gasteiger partial charge on any atom is 0.308 e. The van der Waals surface area contributed by atoms with Crippen molar-refractivity contribution in [1.82, 2.24) is 20.5 Å². The van der Waals surface area contributed by atoms with Crippen LogP contribution in [0.15, 0.2) is 0 Å². The quantitative estimate of drug-likeness (QED) is 0.771. The van der Waals surface area contributed by atoms with Crippen molar-refractivity contribution in [3.05, 3.63) is 11.6 Å². The normalized spacial score (nSPS) is 30.8. The molecule has 3 N–H and O–H groups in total. The van der Waals surface area contributed by atoms with Gasteiger partial charge in [0.25, 0.3) is 5.91 Å². The number of fused-ring (bicyclic) bond motifs is 2. The molecule has 0 saturated heterocycles. The summed E-state index contributed by atoms with van der Waals surface area (Å²) in [5, 5.41) is 18.9. The molecule has 3 rings (SSSR count). The van der Waals surface area contributed by atoms with Crippen LogP contribution in [0.2, 0.25) is 0 Å². The summed E-state index contributed by atoms with van der Waals surface area (Å²) in [6, 6.07) is -0.297. The Morgan fingerprint density at radius 3 is 2.67 bits per heavy atom. The topological polar surface area (TPSA) is 108 Å². The summed E-state index contributed by atoms with van der Waals surface area (Å²) in [6.45, 7) is 3.91. The molecule has 4 unspecified atom stereocenters. The fraction of sp³-hybridized carbons (Fsp3) is 0.714. The van der Waals surface area contributed by atoms with Gasteiger partial charge in [0.15, 0.2) is 0 Å². The van der Waals surface area contributed by atoms with Gasteiger partial charge in [-0.1, -0.05) is 13.8 Å². The van der Waals surface area contributed by atoms with E-state index in [-0.39, 0.29) is 35.5 Å². The molecule has 2 aliphatic carbocycles. The lowest BCUT2D eigenvalue weighted by molar-refractivity contribution is -0.144. The lowest BCUT2D eigenvalue weighted by Crippen LogP contribution is -2.47. The molecule has 114 valence electrons. The SMILES string of the molecule is CC(C)c1nc(C(=O)NC2C3CCC(C3)C2C(=O)O)n[nH]1. The minimum Gasteiger partial charge on any atom is -0.481 e. The second kappa shape index (κ2) is 5.13. The number of nitrogens with zero attached hydrogens (tertiary/aromatic N) is 2. The highest BCUT2D eigenvalue weighted by Crippen LogP contribution is 2.48. The first-order valence-corrected chi connectivity index (χ1v) is 7.43. The molecule has 0 aliphatic heterocycles. The molecule has 2 aliphatic rings. The number of carboxylic acids is 1. The van der Waals surface area contributed by atoms with Gasteiger partial charge >= 0.3 is 5.97 Å². The molecule has 21 heavy (non-hydrogen) atoms. The molecule has 1 aromatic heterocycles. The van der Waals surface area contributed by atoms with Crippen LogP contribution in [0.1, 0.15) is 55.5 Å². The third kappa shape index (κ3) is 2.41. The Morgan fingerprint density at radius 2 is 2.05 bits per heavy atom. The standard InChI is InChI=1S/C14H20N4O3/c1-6(2)11-16-12(18-17-11)13(19)15-10-8-4-3-7(5-8)9(10)14(20)21/h6-10H,3-5H2,1-2H3,(H,15,19)(H,20,21)(H,16,17,18). The monoisotopic (exact) mass is 292 g/mol. The first-order chi connectivity index (χ1) is 9.97. The van der Waals surface area contributed by atoms with Crippen LogP contribution in [-0.4, -0.2) is 38.2 Å². The molecule has 1 heterocycles. The minimum absolute atomic E-state index is 0.0885. The predicted molar refractivity (Wildman–Crippen MR) is 73.7 cm³/mol. The van der Waals surface area contributed by atoms with E-state index in [2.05, 4.69) is 20.5 Å². The highest BCUT2D eigenvalue weighted by atomic mass is 16.4. The van der Waals surface area contributed by atoms with E-state index >= 15 is 0 Å². The van der Waals surface area contributed by atoms with Gasteiger partial charge in [-0.05, 0) is 31.1 Å². The fourth-order valence-electron chi connectivity index (χ4n) is 3.70. The number of H-pyrrole nitrogens is 1. The maximum atomic E-state index is 12.2. The minimum atomic E-state index is -0.814. The van der Waals surface area contributed by atoms with Gasteiger partial charge in [0.1, 0.15) is 5.82 Å².